The van der Waals surface area contributed by atoms with Gasteiger partial charge in [0.25, 0.3) is 10.9 Å². The smallest absolute Gasteiger partial charge is 0.272 e. The highest BCUT2D eigenvalue weighted by Gasteiger charge is 2.13. The van der Waals surface area contributed by atoms with Gasteiger partial charge in [0.2, 0.25) is 5.91 Å². The Morgan fingerprint density at radius 2 is 1.86 bits per heavy atom. The van der Waals surface area contributed by atoms with Crippen molar-refractivity contribution in [3.63, 3.8) is 0 Å². The van der Waals surface area contributed by atoms with Gasteiger partial charge in [-0.2, -0.15) is 4.73 Å². The molecule has 2 N–H and O–H groups in total. The molecule has 0 aliphatic heterocycles. The van der Waals surface area contributed by atoms with Gasteiger partial charge in [0.15, 0.2) is 6.20 Å². The molecule has 0 bridgehead atoms. The first kappa shape index (κ1) is 15.8. The Kier molecular flexibility index (Phi) is 5.31. The second-order valence-electron chi connectivity index (χ2n) is 4.14. The molecule has 6 nitrogen and oxygen atoms in total. The number of hydrogen-bond donors (Lipinski definition) is 2. The van der Waals surface area contributed by atoms with Crippen molar-refractivity contribution in [1.29, 1.82) is 0 Å². The molecule has 2 amide bonds. The molecule has 0 aliphatic carbocycles. The van der Waals surface area contributed by atoms with Gasteiger partial charge in [-0.1, -0.05) is 12.1 Å². The number of benzene rings is 1. The lowest BCUT2D eigenvalue weighted by Crippen LogP contribution is -2.43. The van der Waals surface area contributed by atoms with Crippen molar-refractivity contribution < 1.29 is 18.7 Å². The Hall–Kier alpha value is -2.61. The molecule has 114 valence electrons. The van der Waals surface area contributed by atoms with Crippen LogP contribution in [0.4, 0.5) is 4.39 Å². The van der Waals surface area contributed by atoms with Gasteiger partial charge in [0.1, 0.15) is 5.82 Å². The monoisotopic (exact) mass is 321 g/mol. The number of halogens is 1. The van der Waals surface area contributed by atoms with Crippen molar-refractivity contribution in [3.8, 4) is 0 Å². The predicted octanol–water partition coefficient (Wildman–Crippen LogP) is 1.01. The second kappa shape index (κ2) is 7.41. The van der Waals surface area contributed by atoms with Crippen LogP contribution in [-0.4, -0.2) is 17.6 Å². The first-order chi connectivity index (χ1) is 10.6. The van der Waals surface area contributed by atoms with Crippen molar-refractivity contribution in [2.45, 2.75) is 5.03 Å². The average molecular weight is 321 g/mol. The zero-order chi connectivity index (χ0) is 15.9. The van der Waals surface area contributed by atoms with Crippen LogP contribution >= 0.6 is 11.8 Å². The molecule has 1 aromatic heterocycles. The van der Waals surface area contributed by atoms with Gasteiger partial charge >= 0.3 is 0 Å². The van der Waals surface area contributed by atoms with E-state index < -0.39 is 17.6 Å². The molecule has 2 rings (SSSR count). The minimum atomic E-state index is -0.755. The third-order valence-electron chi connectivity index (χ3n) is 2.57. The summed E-state index contributed by atoms with van der Waals surface area (Å²) in [6, 6.07) is 10.2. The van der Waals surface area contributed by atoms with Crippen molar-refractivity contribution in [3.05, 3.63) is 65.2 Å². The number of hydrazine groups is 1. The molecule has 1 heterocycles. The Morgan fingerprint density at radius 1 is 1.14 bits per heavy atom. The van der Waals surface area contributed by atoms with E-state index in [4.69, 9.17) is 0 Å². The summed E-state index contributed by atoms with van der Waals surface area (Å²) in [5, 5.41) is 11.7. The van der Waals surface area contributed by atoms with E-state index in [0.29, 0.717) is 9.76 Å². The molecule has 0 atom stereocenters. The van der Waals surface area contributed by atoms with E-state index in [2.05, 4.69) is 10.9 Å². The van der Waals surface area contributed by atoms with Crippen molar-refractivity contribution in [1.82, 2.24) is 10.9 Å². The summed E-state index contributed by atoms with van der Waals surface area (Å²) in [4.78, 5) is 23.3. The molecular weight excluding hydrogens is 309 g/mol. The van der Waals surface area contributed by atoms with E-state index in [1.807, 2.05) is 0 Å². The fourth-order valence-corrected chi connectivity index (χ4v) is 2.25. The third-order valence-corrected chi connectivity index (χ3v) is 3.59. The Labute approximate surface area is 129 Å². The minimum Gasteiger partial charge on any atom is -0.618 e. The predicted molar refractivity (Wildman–Crippen MR) is 78.1 cm³/mol. The maximum atomic E-state index is 13.4. The molecular formula is C14H12FN3O3S. The number of pyridine rings is 1. The molecule has 0 fully saturated rings. The molecule has 8 heteroatoms. The van der Waals surface area contributed by atoms with E-state index in [-0.39, 0.29) is 11.3 Å². The van der Waals surface area contributed by atoms with Crippen LogP contribution < -0.4 is 15.6 Å². The highest BCUT2D eigenvalue weighted by Crippen LogP contribution is 2.11. The Balaban J connectivity index is 1.82. The summed E-state index contributed by atoms with van der Waals surface area (Å²) in [5.41, 5.74) is 4.10. The number of rotatable bonds is 4. The number of carbonyl (C=O) groups excluding carboxylic acids is 2. The van der Waals surface area contributed by atoms with Gasteiger partial charge < -0.3 is 5.21 Å². The van der Waals surface area contributed by atoms with E-state index in [0.717, 1.165) is 17.8 Å². The molecule has 0 saturated heterocycles. The lowest BCUT2D eigenvalue weighted by atomic mass is 10.2. The summed E-state index contributed by atoms with van der Waals surface area (Å²) >= 11 is 1.02. The first-order valence-corrected chi connectivity index (χ1v) is 7.21. The van der Waals surface area contributed by atoms with Gasteiger partial charge in [-0.3, -0.25) is 20.4 Å². The molecule has 0 unspecified atom stereocenters. The zero-order valence-electron chi connectivity index (χ0n) is 11.3. The van der Waals surface area contributed by atoms with Crippen LogP contribution in [0.3, 0.4) is 0 Å². The van der Waals surface area contributed by atoms with Gasteiger partial charge in [-0.15, -0.1) is 0 Å². The number of nitrogens with one attached hydrogen (secondary N) is 2. The van der Waals surface area contributed by atoms with Crippen LogP contribution in [0.25, 0.3) is 0 Å². The Bertz CT molecular complexity index is 697. The van der Waals surface area contributed by atoms with Crippen LogP contribution in [0.15, 0.2) is 53.7 Å². The average Bonchev–Trinajstić information content (AvgIpc) is 2.52. The number of aromatic nitrogens is 1. The third kappa shape index (κ3) is 4.19. The van der Waals surface area contributed by atoms with Crippen molar-refractivity contribution in [2.24, 2.45) is 0 Å². The quantitative estimate of drug-likeness (QED) is 0.381. The van der Waals surface area contributed by atoms with Crippen LogP contribution in [-0.2, 0) is 4.79 Å². The lowest BCUT2D eigenvalue weighted by Gasteiger charge is -2.07. The van der Waals surface area contributed by atoms with Gasteiger partial charge in [0, 0.05) is 12.1 Å². The van der Waals surface area contributed by atoms with E-state index in [9.17, 15) is 19.2 Å². The number of carbonyl (C=O) groups is 2. The van der Waals surface area contributed by atoms with E-state index >= 15 is 0 Å². The standard InChI is InChI=1S/C14H12FN3O3S/c15-11-6-2-1-5-10(11)14(20)17-16-12(19)9-22-13-7-3-4-8-18(13)21/h1-8H,9H2,(H,16,19)(H,17,20). The summed E-state index contributed by atoms with van der Waals surface area (Å²) < 4.78 is 14.0. The Morgan fingerprint density at radius 3 is 2.59 bits per heavy atom. The molecule has 2 aromatic rings. The summed E-state index contributed by atoms with van der Waals surface area (Å²) in [7, 11) is 0. The van der Waals surface area contributed by atoms with E-state index in [1.54, 1.807) is 18.2 Å². The van der Waals surface area contributed by atoms with Crippen LogP contribution in [0.2, 0.25) is 0 Å². The fourth-order valence-electron chi connectivity index (χ4n) is 1.54. The van der Waals surface area contributed by atoms with Crippen LogP contribution in [0.5, 0.6) is 0 Å². The SMILES string of the molecule is O=C(CSc1cccc[n+]1[O-])NNC(=O)c1ccccc1F. The summed E-state index contributed by atoms with van der Waals surface area (Å²) in [6.07, 6.45) is 1.32. The van der Waals surface area contributed by atoms with E-state index in [1.165, 1.54) is 24.4 Å². The lowest BCUT2D eigenvalue weighted by molar-refractivity contribution is -0.645. The topological polar surface area (TPSA) is 85.1 Å². The maximum Gasteiger partial charge on any atom is 0.272 e. The fraction of sp³-hybridized carbons (Fsp3) is 0.0714. The molecule has 0 aliphatic rings. The number of nitrogens with zero attached hydrogens (tertiary/aromatic N) is 1. The van der Waals surface area contributed by atoms with Crippen LogP contribution in [0.1, 0.15) is 10.4 Å². The number of thioether (sulfide) groups is 1. The van der Waals surface area contributed by atoms with Crippen molar-refractivity contribution >= 4 is 23.6 Å². The first-order valence-electron chi connectivity index (χ1n) is 6.22. The van der Waals surface area contributed by atoms with Gasteiger partial charge in [-0.05, 0) is 30.0 Å². The number of amides is 2. The molecule has 0 radical (unpaired) electrons. The maximum absolute atomic E-state index is 13.4. The summed E-state index contributed by atoms with van der Waals surface area (Å²) in [5.74, 6) is -2.02. The zero-order valence-corrected chi connectivity index (χ0v) is 12.1. The minimum absolute atomic E-state index is 0.0657. The highest BCUT2D eigenvalue weighted by atomic mass is 32.2. The second-order valence-corrected chi connectivity index (χ2v) is 5.13. The van der Waals surface area contributed by atoms with Gasteiger partial charge in [-0.25, -0.2) is 4.39 Å². The van der Waals surface area contributed by atoms with Gasteiger partial charge in [0.05, 0.1) is 11.3 Å². The molecule has 1 aromatic carbocycles. The highest BCUT2D eigenvalue weighted by molar-refractivity contribution is 7.99. The summed E-state index contributed by atoms with van der Waals surface area (Å²) in [6.45, 7) is 0. The largest absolute Gasteiger partial charge is 0.618 e. The van der Waals surface area contributed by atoms with Crippen LogP contribution in [0, 0.1) is 11.0 Å². The van der Waals surface area contributed by atoms with Crippen molar-refractivity contribution in [2.75, 3.05) is 5.75 Å². The number of hydrogen-bond acceptors (Lipinski definition) is 4. The molecule has 0 saturated carbocycles. The normalized spacial score (nSPS) is 10.0. The molecule has 22 heavy (non-hydrogen) atoms. The molecule has 0 spiro atoms.